The maximum Gasteiger partial charge on any atom is 0.230 e. The Balaban J connectivity index is 1.62. The summed E-state index contributed by atoms with van der Waals surface area (Å²) in [6, 6.07) is 14.9. The molecule has 1 aliphatic carbocycles. The van der Waals surface area contributed by atoms with Gasteiger partial charge in [-0.15, -0.1) is 11.8 Å². The molecule has 0 bridgehead atoms. The van der Waals surface area contributed by atoms with E-state index in [0.29, 0.717) is 11.4 Å². The Morgan fingerprint density at radius 2 is 1.95 bits per heavy atom. The van der Waals surface area contributed by atoms with E-state index in [2.05, 4.69) is 5.32 Å². The van der Waals surface area contributed by atoms with Crippen molar-refractivity contribution in [2.24, 2.45) is 0 Å². The minimum absolute atomic E-state index is 0.106. The molecule has 2 aromatic carbocycles. The van der Waals surface area contributed by atoms with Crippen LogP contribution in [0, 0.1) is 0 Å². The second-order valence-corrected chi connectivity index (χ2v) is 6.66. The molecular formula is C17H16ClNO2S. The number of benzene rings is 2. The van der Waals surface area contributed by atoms with Gasteiger partial charge >= 0.3 is 0 Å². The highest BCUT2D eigenvalue weighted by molar-refractivity contribution is 8.00. The van der Waals surface area contributed by atoms with Crippen molar-refractivity contribution in [2.45, 2.75) is 23.5 Å². The van der Waals surface area contributed by atoms with Crippen LogP contribution in [0.3, 0.4) is 0 Å². The molecule has 0 radical (unpaired) electrons. The lowest BCUT2D eigenvalue weighted by molar-refractivity contribution is -0.120. The fourth-order valence-corrected chi connectivity index (χ4v) is 3.72. The predicted molar refractivity (Wildman–Crippen MR) is 89.2 cm³/mol. The van der Waals surface area contributed by atoms with Gasteiger partial charge in [-0.25, -0.2) is 0 Å². The normalized spacial score (nSPS) is 19.7. The van der Waals surface area contributed by atoms with Crippen LogP contribution < -0.4 is 5.32 Å². The Morgan fingerprint density at radius 1 is 1.23 bits per heavy atom. The third kappa shape index (κ3) is 3.29. The molecule has 2 unspecified atom stereocenters. The van der Waals surface area contributed by atoms with E-state index in [1.165, 1.54) is 11.8 Å². The van der Waals surface area contributed by atoms with Crippen molar-refractivity contribution in [3.63, 3.8) is 0 Å². The topological polar surface area (TPSA) is 49.3 Å². The van der Waals surface area contributed by atoms with Crippen LogP contribution in [0.4, 0.5) is 0 Å². The molecule has 0 saturated carbocycles. The standard InChI is InChI=1S/C17H16ClNO2S/c18-13-7-3-4-8-15(13)22-10-16(21)19-17-12-6-2-1-5-11(12)9-14(17)20/h1-8,14,17,20H,9-10H2,(H,19,21). The van der Waals surface area contributed by atoms with E-state index < -0.39 is 6.10 Å². The first kappa shape index (κ1) is 15.4. The summed E-state index contributed by atoms with van der Waals surface area (Å²) < 4.78 is 0. The van der Waals surface area contributed by atoms with Gasteiger partial charge in [-0.05, 0) is 23.3 Å². The van der Waals surface area contributed by atoms with Gasteiger partial charge in [0.15, 0.2) is 0 Å². The molecule has 0 heterocycles. The SMILES string of the molecule is O=C(CSc1ccccc1Cl)NC1c2ccccc2CC1O. The molecule has 22 heavy (non-hydrogen) atoms. The molecule has 0 spiro atoms. The van der Waals surface area contributed by atoms with E-state index in [9.17, 15) is 9.90 Å². The number of rotatable bonds is 4. The van der Waals surface area contributed by atoms with E-state index >= 15 is 0 Å². The highest BCUT2D eigenvalue weighted by atomic mass is 35.5. The van der Waals surface area contributed by atoms with E-state index in [4.69, 9.17) is 11.6 Å². The number of nitrogens with one attached hydrogen (secondary N) is 1. The lowest BCUT2D eigenvalue weighted by Gasteiger charge is -2.18. The fraction of sp³-hybridized carbons (Fsp3) is 0.235. The smallest absolute Gasteiger partial charge is 0.230 e. The molecule has 2 aromatic rings. The summed E-state index contributed by atoms with van der Waals surface area (Å²) in [4.78, 5) is 13.0. The number of hydrogen-bond acceptors (Lipinski definition) is 3. The first-order valence-electron chi connectivity index (χ1n) is 7.07. The summed E-state index contributed by atoms with van der Waals surface area (Å²) in [5, 5.41) is 13.7. The van der Waals surface area contributed by atoms with Crippen molar-refractivity contribution in [1.29, 1.82) is 0 Å². The molecular weight excluding hydrogens is 318 g/mol. The second-order valence-electron chi connectivity index (χ2n) is 5.23. The van der Waals surface area contributed by atoms with Gasteiger partial charge in [-0.2, -0.15) is 0 Å². The molecule has 1 amide bonds. The molecule has 3 rings (SSSR count). The zero-order chi connectivity index (χ0) is 15.5. The van der Waals surface area contributed by atoms with Crippen LogP contribution in [-0.4, -0.2) is 22.9 Å². The average Bonchev–Trinajstić information content (AvgIpc) is 2.83. The minimum atomic E-state index is -0.563. The van der Waals surface area contributed by atoms with Crippen molar-refractivity contribution in [3.8, 4) is 0 Å². The molecule has 1 aliphatic rings. The summed E-state index contributed by atoms with van der Waals surface area (Å²) in [6.07, 6.45) is 0.0188. The monoisotopic (exact) mass is 333 g/mol. The van der Waals surface area contributed by atoms with Gasteiger partial charge in [-0.1, -0.05) is 48.0 Å². The largest absolute Gasteiger partial charge is 0.390 e. The molecule has 5 heteroatoms. The Morgan fingerprint density at radius 3 is 2.77 bits per heavy atom. The number of carbonyl (C=O) groups excluding carboxylic acids is 1. The summed E-state index contributed by atoms with van der Waals surface area (Å²) in [5.74, 6) is 0.167. The highest BCUT2D eigenvalue weighted by Crippen LogP contribution is 2.32. The van der Waals surface area contributed by atoms with E-state index in [-0.39, 0.29) is 17.7 Å². The summed E-state index contributed by atoms with van der Waals surface area (Å²) in [6.45, 7) is 0. The van der Waals surface area contributed by atoms with Crippen LogP contribution in [0.15, 0.2) is 53.4 Å². The second kappa shape index (κ2) is 6.73. The highest BCUT2D eigenvalue weighted by Gasteiger charge is 2.31. The zero-order valence-corrected chi connectivity index (χ0v) is 13.4. The van der Waals surface area contributed by atoms with Gasteiger partial charge in [-0.3, -0.25) is 4.79 Å². The zero-order valence-electron chi connectivity index (χ0n) is 11.8. The van der Waals surface area contributed by atoms with Crippen molar-refractivity contribution in [1.82, 2.24) is 5.32 Å². The number of halogens is 1. The van der Waals surface area contributed by atoms with Crippen LogP contribution in [0.2, 0.25) is 5.02 Å². The van der Waals surface area contributed by atoms with Crippen molar-refractivity contribution in [3.05, 3.63) is 64.7 Å². The molecule has 2 N–H and O–H groups in total. The molecule has 0 aromatic heterocycles. The third-order valence-corrected chi connectivity index (χ3v) is 5.23. The number of aliphatic hydroxyl groups is 1. The van der Waals surface area contributed by atoms with Crippen molar-refractivity contribution >= 4 is 29.3 Å². The van der Waals surface area contributed by atoms with Gasteiger partial charge < -0.3 is 10.4 Å². The molecule has 0 saturated heterocycles. The summed E-state index contributed by atoms with van der Waals surface area (Å²) in [7, 11) is 0. The van der Waals surface area contributed by atoms with Crippen LogP contribution in [0.1, 0.15) is 17.2 Å². The first-order chi connectivity index (χ1) is 10.6. The number of amides is 1. The number of carbonyl (C=O) groups is 1. The predicted octanol–water partition coefficient (Wildman–Crippen LogP) is 3.21. The Hall–Kier alpha value is -1.49. The van der Waals surface area contributed by atoms with Crippen molar-refractivity contribution < 1.29 is 9.90 Å². The van der Waals surface area contributed by atoms with Crippen LogP contribution in [-0.2, 0) is 11.2 Å². The van der Waals surface area contributed by atoms with Crippen LogP contribution in [0.5, 0.6) is 0 Å². The minimum Gasteiger partial charge on any atom is -0.390 e. The summed E-state index contributed by atoms with van der Waals surface area (Å²) in [5.41, 5.74) is 2.10. The lowest BCUT2D eigenvalue weighted by atomic mass is 10.1. The Kier molecular flexibility index (Phi) is 4.71. The Labute approximate surface area is 138 Å². The first-order valence-corrected chi connectivity index (χ1v) is 8.44. The molecule has 2 atom stereocenters. The number of fused-ring (bicyclic) bond motifs is 1. The van der Waals surface area contributed by atoms with Gasteiger partial charge in [0.25, 0.3) is 0 Å². The van der Waals surface area contributed by atoms with Gasteiger partial charge in [0.05, 0.1) is 22.9 Å². The maximum absolute atomic E-state index is 12.2. The number of hydrogen-bond donors (Lipinski definition) is 2. The molecule has 0 aliphatic heterocycles. The van der Waals surface area contributed by atoms with Gasteiger partial charge in [0.2, 0.25) is 5.91 Å². The molecule has 114 valence electrons. The van der Waals surface area contributed by atoms with E-state index in [1.807, 2.05) is 42.5 Å². The third-order valence-electron chi connectivity index (χ3n) is 3.72. The fourth-order valence-electron chi connectivity index (χ4n) is 2.67. The quantitative estimate of drug-likeness (QED) is 0.845. The average molecular weight is 334 g/mol. The molecule has 3 nitrogen and oxygen atoms in total. The number of aliphatic hydroxyl groups excluding tert-OH is 1. The van der Waals surface area contributed by atoms with Crippen LogP contribution >= 0.6 is 23.4 Å². The van der Waals surface area contributed by atoms with Gasteiger partial charge in [0, 0.05) is 11.3 Å². The summed E-state index contributed by atoms with van der Waals surface area (Å²) >= 11 is 7.47. The lowest BCUT2D eigenvalue weighted by Crippen LogP contribution is -2.34. The van der Waals surface area contributed by atoms with E-state index in [0.717, 1.165) is 16.0 Å². The van der Waals surface area contributed by atoms with Gasteiger partial charge in [0.1, 0.15) is 0 Å². The Bertz CT molecular complexity index is 692. The molecule has 0 fully saturated rings. The maximum atomic E-state index is 12.2. The van der Waals surface area contributed by atoms with Crippen LogP contribution in [0.25, 0.3) is 0 Å². The van der Waals surface area contributed by atoms with E-state index in [1.54, 1.807) is 6.07 Å². The van der Waals surface area contributed by atoms with Crippen molar-refractivity contribution in [2.75, 3.05) is 5.75 Å². The number of thioether (sulfide) groups is 1.